The Bertz CT molecular complexity index is 772. The summed E-state index contributed by atoms with van der Waals surface area (Å²) >= 11 is 0. The average Bonchev–Trinajstić information content (AvgIpc) is 2.51. The molecule has 2 aromatic rings. The van der Waals surface area contributed by atoms with Crippen molar-refractivity contribution in [3.63, 3.8) is 0 Å². The minimum Gasteiger partial charge on any atom is -0.489 e. The van der Waals surface area contributed by atoms with Crippen LogP contribution in [0.1, 0.15) is 22.3 Å². The first-order valence-electron chi connectivity index (χ1n) is 7.22. The number of hydrogen-bond donors (Lipinski definition) is 0. The zero-order chi connectivity index (χ0) is 16.4. The Morgan fingerprint density at radius 1 is 1.04 bits per heavy atom. The lowest BCUT2D eigenvalue weighted by molar-refractivity contribution is -0.137. The number of fused-ring (bicyclic) bond motifs is 2. The Balaban J connectivity index is 2.06. The van der Waals surface area contributed by atoms with Gasteiger partial charge in [0.25, 0.3) is 0 Å². The van der Waals surface area contributed by atoms with E-state index in [0.29, 0.717) is 24.3 Å². The Kier molecular flexibility index (Phi) is 3.99. The Morgan fingerprint density at radius 2 is 1.83 bits per heavy atom. The molecule has 0 bridgehead atoms. The van der Waals surface area contributed by atoms with E-state index in [1.165, 1.54) is 6.07 Å². The number of allylic oxidation sites excluding steroid dienone is 1. The summed E-state index contributed by atoms with van der Waals surface area (Å²) in [7, 11) is 0. The number of benzene rings is 2. The van der Waals surface area contributed by atoms with E-state index in [-0.39, 0.29) is 0 Å². The molecule has 4 heteroatoms. The van der Waals surface area contributed by atoms with E-state index in [4.69, 9.17) is 4.74 Å². The molecule has 0 saturated heterocycles. The summed E-state index contributed by atoms with van der Waals surface area (Å²) in [6, 6.07) is 11.3. The van der Waals surface area contributed by atoms with Crippen LogP contribution in [0.4, 0.5) is 13.2 Å². The van der Waals surface area contributed by atoms with Gasteiger partial charge in [0.1, 0.15) is 12.4 Å². The second-order valence-corrected chi connectivity index (χ2v) is 5.40. The number of alkyl halides is 3. The van der Waals surface area contributed by atoms with Gasteiger partial charge >= 0.3 is 6.18 Å². The fourth-order valence-corrected chi connectivity index (χ4v) is 2.64. The quantitative estimate of drug-likeness (QED) is 0.635. The highest BCUT2D eigenvalue weighted by Crippen LogP contribution is 2.35. The van der Waals surface area contributed by atoms with Gasteiger partial charge in [-0.15, -0.1) is 0 Å². The summed E-state index contributed by atoms with van der Waals surface area (Å²) in [5.74, 6) is 0.461. The highest BCUT2D eigenvalue weighted by atomic mass is 19.4. The van der Waals surface area contributed by atoms with E-state index in [1.54, 1.807) is 0 Å². The standard InChI is InChI=1S/C19H15F3O/c1-13-11-15-12-16(19(20,21)22)8-9-18(15)23-10-4-6-14-5-2-3-7-17(13)14/h2-9,12H,1,10-11H2/b6-4-. The van der Waals surface area contributed by atoms with Crippen molar-refractivity contribution in [2.24, 2.45) is 0 Å². The second kappa shape index (κ2) is 5.95. The lowest BCUT2D eigenvalue weighted by Gasteiger charge is -2.17. The minimum atomic E-state index is -4.37. The molecule has 1 heterocycles. The van der Waals surface area contributed by atoms with Gasteiger partial charge in [-0.05, 0) is 46.5 Å². The largest absolute Gasteiger partial charge is 0.489 e. The molecule has 1 aliphatic rings. The summed E-state index contributed by atoms with van der Waals surface area (Å²) in [5, 5.41) is 0. The normalized spacial score (nSPS) is 16.0. The number of hydrogen-bond acceptors (Lipinski definition) is 1. The van der Waals surface area contributed by atoms with Gasteiger partial charge in [0, 0.05) is 6.42 Å². The van der Waals surface area contributed by atoms with Gasteiger partial charge in [0.05, 0.1) is 5.56 Å². The van der Waals surface area contributed by atoms with Crippen molar-refractivity contribution < 1.29 is 17.9 Å². The van der Waals surface area contributed by atoms with Crippen molar-refractivity contribution in [2.75, 3.05) is 6.61 Å². The third kappa shape index (κ3) is 3.31. The molecule has 1 aliphatic heterocycles. The van der Waals surface area contributed by atoms with E-state index in [0.717, 1.165) is 28.8 Å². The van der Waals surface area contributed by atoms with Crippen LogP contribution in [0.5, 0.6) is 5.75 Å². The molecule has 0 unspecified atom stereocenters. The highest BCUT2D eigenvalue weighted by Gasteiger charge is 2.31. The molecule has 118 valence electrons. The third-order valence-corrected chi connectivity index (χ3v) is 3.77. The molecule has 2 aromatic carbocycles. The van der Waals surface area contributed by atoms with Gasteiger partial charge in [-0.1, -0.05) is 36.9 Å². The fraction of sp³-hybridized carbons (Fsp3) is 0.158. The SMILES string of the molecule is C=C1Cc2cc(C(F)(F)F)ccc2OC/C=C\c2ccccc21. The van der Waals surface area contributed by atoms with Crippen LogP contribution in [0, 0.1) is 0 Å². The molecule has 0 radical (unpaired) electrons. The molecule has 3 rings (SSSR count). The van der Waals surface area contributed by atoms with Crippen molar-refractivity contribution in [1.29, 1.82) is 0 Å². The third-order valence-electron chi connectivity index (χ3n) is 3.77. The molecule has 0 atom stereocenters. The maximum absolute atomic E-state index is 12.9. The molecule has 0 fully saturated rings. The van der Waals surface area contributed by atoms with Crippen LogP contribution < -0.4 is 4.74 Å². The number of halogens is 3. The van der Waals surface area contributed by atoms with Crippen LogP contribution in [0.2, 0.25) is 0 Å². The van der Waals surface area contributed by atoms with Gasteiger partial charge < -0.3 is 4.74 Å². The van der Waals surface area contributed by atoms with Crippen LogP contribution in [0.25, 0.3) is 11.6 Å². The summed E-state index contributed by atoms with van der Waals surface area (Å²) in [6.07, 6.45) is -0.276. The van der Waals surface area contributed by atoms with Gasteiger partial charge in [-0.25, -0.2) is 0 Å². The summed E-state index contributed by atoms with van der Waals surface area (Å²) < 4.78 is 44.4. The van der Waals surface area contributed by atoms with Crippen LogP contribution in [-0.4, -0.2) is 6.61 Å². The minimum absolute atomic E-state index is 0.305. The zero-order valence-corrected chi connectivity index (χ0v) is 12.4. The van der Waals surface area contributed by atoms with Crippen molar-refractivity contribution >= 4 is 11.6 Å². The van der Waals surface area contributed by atoms with E-state index in [9.17, 15) is 13.2 Å². The molecule has 0 saturated carbocycles. The molecule has 0 aromatic heterocycles. The van der Waals surface area contributed by atoms with E-state index in [1.807, 2.05) is 36.4 Å². The Morgan fingerprint density at radius 3 is 2.61 bits per heavy atom. The van der Waals surface area contributed by atoms with Crippen molar-refractivity contribution in [3.8, 4) is 5.75 Å². The summed E-state index contributed by atoms with van der Waals surface area (Å²) in [5.41, 5.74) is 2.50. The topological polar surface area (TPSA) is 9.23 Å². The Hall–Kier alpha value is -2.49. The van der Waals surface area contributed by atoms with Crippen molar-refractivity contribution in [3.05, 3.63) is 77.4 Å². The van der Waals surface area contributed by atoms with E-state index < -0.39 is 11.7 Å². The second-order valence-electron chi connectivity index (χ2n) is 5.40. The van der Waals surface area contributed by atoms with E-state index >= 15 is 0 Å². The molecule has 0 spiro atoms. The van der Waals surface area contributed by atoms with Gasteiger partial charge in [-0.3, -0.25) is 0 Å². The molecule has 23 heavy (non-hydrogen) atoms. The molecule has 1 nitrogen and oxygen atoms in total. The van der Waals surface area contributed by atoms with Crippen LogP contribution in [0.3, 0.4) is 0 Å². The molecular weight excluding hydrogens is 301 g/mol. The first kappa shape index (κ1) is 15.4. The zero-order valence-electron chi connectivity index (χ0n) is 12.4. The number of ether oxygens (including phenoxy) is 1. The smallest absolute Gasteiger partial charge is 0.416 e. The van der Waals surface area contributed by atoms with E-state index in [2.05, 4.69) is 6.58 Å². The maximum atomic E-state index is 12.9. The van der Waals surface area contributed by atoms with Gasteiger partial charge in [0.2, 0.25) is 0 Å². The molecule has 0 amide bonds. The van der Waals surface area contributed by atoms with Crippen LogP contribution in [-0.2, 0) is 12.6 Å². The fourth-order valence-electron chi connectivity index (χ4n) is 2.64. The highest BCUT2D eigenvalue weighted by molar-refractivity contribution is 5.75. The Labute approximate surface area is 132 Å². The summed E-state index contributed by atoms with van der Waals surface area (Å²) in [6.45, 7) is 4.35. The predicted molar refractivity (Wildman–Crippen MR) is 85.2 cm³/mol. The number of rotatable bonds is 0. The molecule has 0 aliphatic carbocycles. The van der Waals surface area contributed by atoms with Gasteiger partial charge in [0.15, 0.2) is 0 Å². The maximum Gasteiger partial charge on any atom is 0.416 e. The first-order valence-corrected chi connectivity index (χ1v) is 7.22. The lowest BCUT2D eigenvalue weighted by atomic mass is 9.94. The van der Waals surface area contributed by atoms with Crippen LogP contribution >= 0.6 is 0 Å². The molecular formula is C19H15F3O. The monoisotopic (exact) mass is 316 g/mol. The van der Waals surface area contributed by atoms with Crippen molar-refractivity contribution in [1.82, 2.24) is 0 Å². The van der Waals surface area contributed by atoms with Crippen LogP contribution in [0.15, 0.2) is 55.1 Å². The predicted octanol–water partition coefficient (Wildman–Crippen LogP) is 5.37. The lowest BCUT2D eigenvalue weighted by Crippen LogP contribution is -2.08. The molecule has 0 N–H and O–H groups in total. The summed E-state index contributed by atoms with van der Waals surface area (Å²) in [4.78, 5) is 0. The first-order chi connectivity index (χ1) is 10.9. The van der Waals surface area contributed by atoms with Crippen molar-refractivity contribution in [2.45, 2.75) is 12.6 Å². The van der Waals surface area contributed by atoms with Gasteiger partial charge in [-0.2, -0.15) is 13.2 Å². The average molecular weight is 316 g/mol.